The monoisotopic (exact) mass is 535 g/mol. The van der Waals surface area contributed by atoms with E-state index in [1.54, 1.807) is 54.9 Å². The fourth-order valence-corrected chi connectivity index (χ4v) is 4.92. The molecule has 0 aliphatic rings. The number of carbonyl (C=O) groups is 1. The maximum absolute atomic E-state index is 12.8. The lowest BCUT2D eigenvalue weighted by atomic mass is 10.1. The van der Waals surface area contributed by atoms with E-state index in [9.17, 15) is 13.2 Å². The molecule has 0 aliphatic heterocycles. The Morgan fingerprint density at radius 2 is 1.54 bits per heavy atom. The average Bonchev–Trinajstić information content (AvgIpc) is 2.88. The van der Waals surface area contributed by atoms with Crippen LogP contribution in [0.4, 0.5) is 11.4 Å². The zero-order valence-electron chi connectivity index (χ0n) is 20.4. The van der Waals surface area contributed by atoms with Crippen LogP contribution in [-0.4, -0.2) is 32.7 Å². The van der Waals surface area contributed by atoms with Crippen LogP contribution in [0.2, 0.25) is 5.02 Å². The van der Waals surface area contributed by atoms with Gasteiger partial charge in [-0.15, -0.1) is 0 Å². The molecule has 9 heteroatoms. The summed E-state index contributed by atoms with van der Waals surface area (Å²) in [5.41, 5.74) is 4.57. The van der Waals surface area contributed by atoms with E-state index in [1.807, 2.05) is 36.4 Å². The summed E-state index contributed by atoms with van der Waals surface area (Å²) in [6, 6.07) is 23.2. The van der Waals surface area contributed by atoms with Crippen molar-refractivity contribution in [3.8, 4) is 5.75 Å². The number of hydrogen-bond acceptors (Lipinski definition) is 5. The van der Waals surface area contributed by atoms with E-state index in [2.05, 4.69) is 10.3 Å². The number of benzene rings is 3. The number of nitrogens with zero attached hydrogens (tertiary/aromatic N) is 2. The van der Waals surface area contributed by atoms with E-state index >= 15 is 0 Å². The molecule has 1 amide bonds. The van der Waals surface area contributed by atoms with Gasteiger partial charge < -0.3 is 10.1 Å². The van der Waals surface area contributed by atoms with Gasteiger partial charge in [-0.1, -0.05) is 35.9 Å². The van der Waals surface area contributed by atoms with Crippen LogP contribution in [-0.2, 0) is 23.0 Å². The van der Waals surface area contributed by atoms with Crippen molar-refractivity contribution in [3.05, 3.63) is 119 Å². The normalized spacial score (nSPS) is 11.1. The largest absolute Gasteiger partial charge is 0.495 e. The van der Waals surface area contributed by atoms with Gasteiger partial charge in [0.2, 0.25) is 10.0 Å². The third-order valence-electron chi connectivity index (χ3n) is 5.74. The summed E-state index contributed by atoms with van der Waals surface area (Å²) in [6.45, 7) is 0.0856. The molecule has 4 rings (SSSR count). The van der Waals surface area contributed by atoms with Crippen LogP contribution in [0.15, 0.2) is 91.3 Å². The minimum atomic E-state index is -3.59. The summed E-state index contributed by atoms with van der Waals surface area (Å²) in [5, 5.41) is 3.21. The molecule has 7 nitrogen and oxygen atoms in total. The minimum absolute atomic E-state index is 0.0856. The smallest absolute Gasteiger partial charge is 0.255 e. The Hall–Kier alpha value is -3.88. The fraction of sp³-hybridized carbons (Fsp3) is 0.143. The minimum Gasteiger partial charge on any atom is -0.495 e. The number of aromatic nitrogens is 1. The third kappa shape index (κ3) is 6.87. The van der Waals surface area contributed by atoms with Crippen LogP contribution in [0.3, 0.4) is 0 Å². The summed E-state index contributed by atoms with van der Waals surface area (Å²) in [6.07, 6.45) is 5.45. The lowest BCUT2D eigenvalue weighted by Gasteiger charge is -2.23. The SMILES string of the molecule is COc1ccc(N(Cc2ccc(C(=O)Nc3ccc(Cc4ccncc4)cc3)cc2)S(C)(=O)=O)cc1Cl. The number of nitrogens with one attached hydrogen (secondary N) is 1. The molecule has 0 bridgehead atoms. The van der Waals surface area contributed by atoms with Crippen molar-refractivity contribution in [1.82, 2.24) is 4.98 Å². The first kappa shape index (κ1) is 26.2. The highest BCUT2D eigenvalue weighted by atomic mass is 35.5. The van der Waals surface area contributed by atoms with Gasteiger partial charge in [0.15, 0.2) is 0 Å². The number of amides is 1. The fourth-order valence-electron chi connectivity index (χ4n) is 3.78. The number of methoxy groups -OCH3 is 1. The Morgan fingerprint density at radius 1 is 0.919 bits per heavy atom. The molecule has 0 aliphatic carbocycles. The predicted octanol–water partition coefficient (Wildman–Crippen LogP) is 5.55. The number of pyridine rings is 1. The molecule has 1 N–H and O–H groups in total. The van der Waals surface area contributed by atoms with Gasteiger partial charge in [-0.2, -0.15) is 0 Å². The van der Waals surface area contributed by atoms with Gasteiger partial charge in [-0.25, -0.2) is 8.42 Å². The molecule has 1 aromatic heterocycles. The highest BCUT2D eigenvalue weighted by Gasteiger charge is 2.19. The summed E-state index contributed by atoms with van der Waals surface area (Å²) >= 11 is 6.20. The van der Waals surface area contributed by atoms with Crippen molar-refractivity contribution in [3.63, 3.8) is 0 Å². The van der Waals surface area contributed by atoms with Crippen LogP contribution in [0.1, 0.15) is 27.0 Å². The number of anilines is 2. The van der Waals surface area contributed by atoms with Gasteiger partial charge in [0.05, 0.1) is 30.6 Å². The molecule has 37 heavy (non-hydrogen) atoms. The van der Waals surface area contributed by atoms with Crippen molar-refractivity contribution >= 4 is 38.9 Å². The van der Waals surface area contributed by atoms with E-state index in [0.717, 1.165) is 29.4 Å². The number of halogens is 1. The zero-order valence-corrected chi connectivity index (χ0v) is 22.0. The molecule has 0 saturated carbocycles. The number of carbonyl (C=O) groups excluding carboxylic acids is 1. The molecule has 4 aromatic rings. The molecule has 0 saturated heterocycles. The van der Waals surface area contributed by atoms with Gasteiger partial charge in [-0.05, 0) is 77.7 Å². The second-order valence-electron chi connectivity index (χ2n) is 8.47. The summed E-state index contributed by atoms with van der Waals surface area (Å²) < 4.78 is 31.4. The van der Waals surface area contributed by atoms with E-state index in [0.29, 0.717) is 27.7 Å². The highest BCUT2D eigenvalue weighted by Crippen LogP contribution is 2.31. The Kier molecular flexibility index (Phi) is 8.11. The summed E-state index contributed by atoms with van der Waals surface area (Å²) in [4.78, 5) is 16.8. The van der Waals surface area contributed by atoms with E-state index in [1.165, 1.54) is 11.4 Å². The van der Waals surface area contributed by atoms with Gasteiger partial charge in [0.25, 0.3) is 5.91 Å². The molecule has 0 radical (unpaired) electrons. The van der Waals surface area contributed by atoms with Gasteiger partial charge >= 0.3 is 0 Å². The number of hydrogen-bond donors (Lipinski definition) is 1. The first-order chi connectivity index (χ1) is 17.7. The molecule has 0 fully saturated rings. The first-order valence-electron chi connectivity index (χ1n) is 11.4. The second kappa shape index (κ2) is 11.5. The molecule has 190 valence electrons. The molecule has 3 aromatic carbocycles. The summed E-state index contributed by atoms with van der Waals surface area (Å²) in [5.74, 6) is 0.202. The Labute approximate surface area is 221 Å². The van der Waals surface area contributed by atoms with Crippen LogP contribution >= 0.6 is 11.6 Å². The van der Waals surface area contributed by atoms with Crippen LogP contribution in [0.5, 0.6) is 5.75 Å². The number of sulfonamides is 1. The number of ether oxygens (including phenoxy) is 1. The predicted molar refractivity (Wildman–Crippen MR) is 147 cm³/mol. The summed E-state index contributed by atoms with van der Waals surface area (Å²) in [7, 11) is -2.10. The Morgan fingerprint density at radius 3 is 2.14 bits per heavy atom. The molecule has 0 atom stereocenters. The van der Waals surface area contributed by atoms with E-state index in [4.69, 9.17) is 16.3 Å². The van der Waals surface area contributed by atoms with Crippen LogP contribution in [0, 0.1) is 0 Å². The van der Waals surface area contributed by atoms with Gasteiger partial charge in [-0.3, -0.25) is 14.1 Å². The van der Waals surface area contributed by atoms with Crippen molar-refractivity contribution in [2.24, 2.45) is 0 Å². The van der Waals surface area contributed by atoms with Crippen LogP contribution in [0.25, 0.3) is 0 Å². The first-order valence-corrected chi connectivity index (χ1v) is 13.6. The Bertz CT molecular complexity index is 1480. The number of rotatable bonds is 9. The third-order valence-corrected chi connectivity index (χ3v) is 7.17. The molecule has 1 heterocycles. The average molecular weight is 536 g/mol. The Balaban J connectivity index is 1.42. The van der Waals surface area contributed by atoms with Crippen molar-refractivity contribution in [1.29, 1.82) is 0 Å². The molecule has 0 spiro atoms. The zero-order chi connectivity index (χ0) is 26.4. The van der Waals surface area contributed by atoms with Crippen molar-refractivity contribution in [2.45, 2.75) is 13.0 Å². The topological polar surface area (TPSA) is 88.6 Å². The molecular formula is C28H26ClN3O4S. The molecular weight excluding hydrogens is 510 g/mol. The standard InChI is InChI=1S/C28H26ClN3O4S/c1-36-27-12-11-25(18-26(27)29)32(37(2,34)35)19-22-3-7-23(8-4-22)28(33)31-24-9-5-20(6-10-24)17-21-13-15-30-16-14-21/h3-16,18H,17,19H2,1-2H3,(H,31,33). The van der Waals surface area contributed by atoms with E-state index in [-0.39, 0.29) is 12.5 Å². The van der Waals surface area contributed by atoms with Crippen molar-refractivity contribution in [2.75, 3.05) is 23.0 Å². The molecule has 0 unspecified atom stereocenters. The van der Waals surface area contributed by atoms with Gasteiger partial charge in [0, 0.05) is 23.6 Å². The maximum Gasteiger partial charge on any atom is 0.255 e. The van der Waals surface area contributed by atoms with Crippen LogP contribution < -0.4 is 14.4 Å². The van der Waals surface area contributed by atoms with Crippen molar-refractivity contribution < 1.29 is 17.9 Å². The maximum atomic E-state index is 12.8. The lowest BCUT2D eigenvalue weighted by Crippen LogP contribution is -2.29. The van der Waals surface area contributed by atoms with Gasteiger partial charge in [0.1, 0.15) is 5.75 Å². The highest BCUT2D eigenvalue weighted by molar-refractivity contribution is 7.92. The van der Waals surface area contributed by atoms with E-state index < -0.39 is 10.0 Å². The second-order valence-corrected chi connectivity index (χ2v) is 10.8. The quantitative estimate of drug-likeness (QED) is 0.303. The lowest BCUT2D eigenvalue weighted by molar-refractivity contribution is 0.102.